The molecule has 31 heavy (non-hydrogen) atoms. The summed E-state index contributed by atoms with van der Waals surface area (Å²) in [6.07, 6.45) is 0. The normalized spacial score (nSPS) is 11.8. The first-order chi connectivity index (χ1) is 15.0. The molecule has 0 radical (unpaired) electrons. The van der Waals surface area contributed by atoms with Gasteiger partial charge in [-0.05, 0) is 29.5 Å². The number of benzene rings is 3. The van der Waals surface area contributed by atoms with Crippen LogP contribution in [0.2, 0.25) is 0 Å². The van der Waals surface area contributed by atoms with Gasteiger partial charge >= 0.3 is 5.97 Å². The highest BCUT2D eigenvalue weighted by Crippen LogP contribution is 2.43. The molecule has 6 nitrogen and oxygen atoms in total. The number of carbonyl (C=O) groups is 1. The molecule has 3 aromatic rings. The summed E-state index contributed by atoms with van der Waals surface area (Å²) in [7, 11) is 3.16. The van der Waals surface area contributed by atoms with Crippen LogP contribution < -0.4 is 4.74 Å². The van der Waals surface area contributed by atoms with E-state index < -0.39 is 11.9 Å². The minimum absolute atomic E-state index is 0.142. The van der Waals surface area contributed by atoms with Crippen LogP contribution in [0.3, 0.4) is 0 Å². The Balaban J connectivity index is 2.43. The van der Waals surface area contributed by atoms with Crippen molar-refractivity contribution in [2.24, 2.45) is 0 Å². The minimum Gasteiger partial charge on any atom is -0.496 e. The molecule has 0 spiro atoms. The first kappa shape index (κ1) is 22.3. The van der Waals surface area contributed by atoms with Crippen LogP contribution in [0.1, 0.15) is 29.5 Å². The van der Waals surface area contributed by atoms with Gasteiger partial charge in [-0.1, -0.05) is 42.5 Å². The number of nitriles is 1. The number of nitrogens with zero attached hydrogens (tertiary/aromatic N) is 1. The Morgan fingerprint density at radius 2 is 1.74 bits per heavy atom. The van der Waals surface area contributed by atoms with Gasteiger partial charge in [0.15, 0.2) is 0 Å². The van der Waals surface area contributed by atoms with Crippen molar-refractivity contribution in [3.8, 4) is 22.9 Å². The molecule has 0 saturated carbocycles. The first-order valence-electron chi connectivity index (χ1n) is 9.95. The lowest BCUT2D eigenvalue weighted by Crippen LogP contribution is -2.14. The fourth-order valence-electron chi connectivity index (χ4n) is 3.87. The molecule has 3 rings (SSSR count). The zero-order valence-electron chi connectivity index (χ0n) is 17.8. The highest BCUT2D eigenvalue weighted by Gasteiger charge is 2.27. The number of hydrogen-bond acceptors (Lipinski definition) is 5. The molecule has 1 N–H and O–H groups in total. The third-order valence-corrected chi connectivity index (χ3v) is 5.33. The van der Waals surface area contributed by atoms with Crippen molar-refractivity contribution in [3.63, 3.8) is 0 Å². The predicted octanol–water partition coefficient (Wildman–Crippen LogP) is 4.74. The maximum Gasteiger partial charge on any atom is 0.310 e. The molecule has 0 bridgehead atoms. The molecule has 0 aliphatic heterocycles. The Hall–Kier alpha value is -3.40. The van der Waals surface area contributed by atoms with Crippen molar-refractivity contribution < 1.29 is 24.1 Å². The van der Waals surface area contributed by atoms with Gasteiger partial charge in [-0.3, -0.25) is 4.79 Å². The van der Waals surface area contributed by atoms with E-state index in [0.29, 0.717) is 46.6 Å². The van der Waals surface area contributed by atoms with Crippen molar-refractivity contribution in [1.29, 1.82) is 5.26 Å². The molecule has 1 atom stereocenters. The SMILES string of the molecule is COCCOCc1c(-c2ccccc2OC)c(C#N)c2ccccc2c1C(C)C(=O)O. The maximum absolute atomic E-state index is 12.0. The zero-order chi connectivity index (χ0) is 22.4. The van der Waals surface area contributed by atoms with E-state index >= 15 is 0 Å². The van der Waals surface area contributed by atoms with Gasteiger partial charge < -0.3 is 19.3 Å². The van der Waals surface area contributed by atoms with E-state index in [2.05, 4.69) is 6.07 Å². The number of methoxy groups -OCH3 is 2. The molecule has 0 saturated heterocycles. The fraction of sp³-hybridized carbons (Fsp3) is 0.280. The Bertz CT molecular complexity index is 1130. The van der Waals surface area contributed by atoms with Crippen LogP contribution in [-0.4, -0.2) is 38.5 Å². The molecule has 0 aliphatic carbocycles. The third-order valence-electron chi connectivity index (χ3n) is 5.33. The van der Waals surface area contributed by atoms with Crippen molar-refractivity contribution in [3.05, 3.63) is 65.2 Å². The number of fused-ring (bicyclic) bond motifs is 1. The van der Waals surface area contributed by atoms with E-state index in [-0.39, 0.29) is 6.61 Å². The lowest BCUT2D eigenvalue weighted by Gasteiger charge is -2.23. The average molecular weight is 419 g/mol. The van der Waals surface area contributed by atoms with Gasteiger partial charge in [0.2, 0.25) is 0 Å². The summed E-state index contributed by atoms with van der Waals surface area (Å²) >= 11 is 0. The molecule has 1 unspecified atom stereocenters. The molecule has 0 aliphatic rings. The van der Waals surface area contributed by atoms with E-state index in [4.69, 9.17) is 14.2 Å². The van der Waals surface area contributed by atoms with Gasteiger partial charge in [-0.15, -0.1) is 0 Å². The van der Waals surface area contributed by atoms with Gasteiger partial charge in [-0.2, -0.15) is 5.26 Å². The number of para-hydroxylation sites is 1. The summed E-state index contributed by atoms with van der Waals surface area (Å²) in [4.78, 5) is 12.0. The average Bonchev–Trinajstić information content (AvgIpc) is 2.80. The molecule has 3 aromatic carbocycles. The van der Waals surface area contributed by atoms with Crippen LogP contribution in [0.4, 0.5) is 0 Å². The number of ether oxygens (including phenoxy) is 3. The van der Waals surface area contributed by atoms with Gasteiger partial charge in [0, 0.05) is 23.6 Å². The number of rotatable bonds is 9. The molecular formula is C25H25NO5. The van der Waals surface area contributed by atoms with E-state index in [1.165, 1.54) is 0 Å². The second-order valence-corrected chi connectivity index (χ2v) is 7.11. The fourth-order valence-corrected chi connectivity index (χ4v) is 3.87. The smallest absolute Gasteiger partial charge is 0.310 e. The molecule has 0 heterocycles. The minimum atomic E-state index is -0.945. The quantitative estimate of drug-likeness (QED) is 0.504. The third kappa shape index (κ3) is 4.38. The van der Waals surface area contributed by atoms with Crippen molar-refractivity contribution in [2.45, 2.75) is 19.4 Å². The van der Waals surface area contributed by atoms with Crippen LogP contribution in [-0.2, 0) is 20.9 Å². The molecule has 160 valence electrons. The van der Waals surface area contributed by atoms with Crippen LogP contribution >= 0.6 is 0 Å². The van der Waals surface area contributed by atoms with Crippen LogP contribution in [0, 0.1) is 11.3 Å². The lowest BCUT2D eigenvalue weighted by atomic mass is 9.82. The summed E-state index contributed by atoms with van der Waals surface area (Å²) in [6.45, 7) is 2.55. The predicted molar refractivity (Wildman–Crippen MR) is 118 cm³/mol. The number of carboxylic acid groups (broad SMARTS) is 1. The van der Waals surface area contributed by atoms with Crippen LogP contribution in [0.15, 0.2) is 48.5 Å². The lowest BCUT2D eigenvalue weighted by molar-refractivity contribution is -0.138. The van der Waals surface area contributed by atoms with Crippen molar-refractivity contribution >= 4 is 16.7 Å². The number of carboxylic acids is 1. The van der Waals surface area contributed by atoms with Gasteiger partial charge in [0.05, 0.1) is 38.4 Å². The van der Waals surface area contributed by atoms with Crippen LogP contribution in [0.25, 0.3) is 21.9 Å². The number of aliphatic carboxylic acids is 1. The number of hydrogen-bond donors (Lipinski definition) is 1. The van der Waals surface area contributed by atoms with Crippen molar-refractivity contribution in [2.75, 3.05) is 27.4 Å². The van der Waals surface area contributed by atoms with Crippen LogP contribution in [0.5, 0.6) is 5.75 Å². The molecule has 6 heteroatoms. The highest BCUT2D eigenvalue weighted by atomic mass is 16.5. The van der Waals surface area contributed by atoms with E-state index in [1.807, 2.05) is 48.5 Å². The summed E-state index contributed by atoms with van der Waals surface area (Å²) < 4.78 is 16.5. The second-order valence-electron chi connectivity index (χ2n) is 7.11. The van der Waals surface area contributed by atoms with E-state index in [9.17, 15) is 15.2 Å². The summed E-state index contributed by atoms with van der Waals surface area (Å²) in [6, 6.07) is 17.2. The second kappa shape index (κ2) is 10.1. The van der Waals surface area contributed by atoms with E-state index in [0.717, 1.165) is 10.9 Å². The Morgan fingerprint density at radius 1 is 1.06 bits per heavy atom. The van der Waals surface area contributed by atoms with Gasteiger partial charge in [-0.25, -0.2) is 0 Å². The van der Waals surface area contributed by atoms with E-state index in [1.54, 1.807) is 21.1 Å². The van der Waals surface area contributed by atoms with Gasteiger partial charge in [0.1, 0.15) is 11.8 Å². The highest BCUT2D eigenvalue weighted by molar-refractivity contribution is 6.01. The van der Waals surface area contributed by atoms with Gasteiger partial charge in [0.25, 0.3) is 0 Å². The maximum atomic E-state index is 12.0. The summed E-state index contributed by atoms with van der Waals surface area (Å²) in [5, 5.41) is 21.5. The molecular weight excluding hydrogens is 394 g/mol. The first-order valence-corrected chi connectivity index (χ1v) is 9.95. The summed E-state index contributed by atoms with van der Waals surface area (Å²) in [5.74, 6) is -1.15. The monoisotopic (exact) mass is 419 g/mol. The Morgan fingerprint density at radius 3 is 2.39 bits per heavy atom. The standard InChI is InChI=1S/C25H25NO5/c1-16(25(27)28)23-18-9-5-4-8-17(18)20(14-26)24(21(23)15-31-13-12-29-2)19-10-6-7-11-22(19)30-3/h4-11,16H,12-13,15H2,1-3H3,(H,27,28). The molecule has 0 amide bonds. The topological polar surface area (TPSA) is 88.8 Å². The molecule has 0 fully saturated rings. The zero-order valence-corrected chi connectivity index (χ0v) is 17.8. The Kier molecular flexibility index (Phi) is 7.24. The van der Waals surface area contributed by atoms with Crippen molar-refractivity contribution in [1.82, 2.24) is 0 Å². The summed E-state index contributed by atoms with van der Waals surface area (Å²) in [5.41, 5.74) is 3.13. The molecule has 0 aromatic heterocycles. The Labute approximate surface area is 181 Å². The largest absolute Gasteiger partial charge is 0.496 e.